The molecule has 15 rings (SSSR count). The monoisotopic (exact) mass is 1020 g/mol. The summed E-state index contributed by atoms with van der Waals surface area (Å²) >= 11 is 0. The molecular formula is C68H52N10O. The van der Waals surface area contributed by atoms with Crippen LogP contribution in [0.4, 0.5) is 0 Å². The van der Waals surface area contributed by atoms with Gasteiger partial charge in [0.15, 0.2) is 0 Å². The summed E-state index contributed by atoms with van der Waals surface area (Å²) in [7, 11) is 3.76. The van der Waals surface area contributed by atoms with Gasteiger partial charge in [-0.05, 0) is 102 Å². The van der Waals surface area contributed by atoms with E-state index in [1.165, 1.54) is 0 Å². The lowest BCUT2D eigenvalue weighted by atomic mass is 9.52. The van der Waals surface area contributed by atoms with E-state index in [0.717, 1.165) is 117 Å². The zero-order valence-electron chi connectivity index (χ0n) is 43.6. The zero-order chi connectivity index (χ0) is 53.0. The van der Waals surface area contributed by atoms with Gasteiger partial charge in [-0.3, -0.25) is 4.79 Å². The Morgan fingerprint density at radius 1 is 0.380 bits per heavy atom. The quantitative estimate of drug-likeness (QED) is 0.113. The maximum Gasteiger partial charge on any atom is 0.241 e. The highest BCUT2D eigenvalue weighted by Gasteiger charge is 2.57. The minimum atomic E-state index is -1.19. The molecule has 0 spiro atoms. The highest BCUT2D eigenvalue weighted by Crippen LogP contribution is 2.61. The van der Waals surface area contributed by atoms with E-state index in [-0.39, 0.29) is 11.8 Å². The summed E-state index contributed by atoms with van der Waals surface area (Å²) in [6.07, 6.45) is 5.98. The van der Waals surface area contributed by atoms with Crippen LogP contribution in [0.25, 0.3) is 67.2 Å². The Hall–Kier alpha value is -10.1. The number of likely N-dealkylation sites (N-methyl/N-ethyl adjacent to an activating group) is 1. The summed E-state index contributed by atoms with van der Waals surface area (Å²) in [4.78, 5) is 17.7. The molecule has 0 N–H and O–H groups in total. The van der Waals surface area contributed by atoms with E-state index in [1.807, 2.05) is 101 Å². The van der Waals surface area contributed by atoms with Crippen LogP contribution in [0.5, 0.6) is 0 Å². The lowest BCUT2D eigenvalue weighted by Gasteiger charge is -2.50. The molecule has 0 aliphatic heterocycles. The maximum atomic E-state index is 15.9. The van der Waals surface area contributed by atoms with E-state index >= 15 is 4.79 Å². The molecule has 0 fully saturated rings. The second kappa shape index (κ2) is 19.5. The van der Waals surface area contributed by atoms with Gasteiger partial charge in [-0.2, -0.15) is 0 Å². The van der Waals surface area contributed by atoms with Crippen LogP contribution in [0.1, 0.15) is 56.0 Å². The lowest BCUT2D eigenvalue weighted by Crippen LogP contribution is -2.52. The van der Waals surface area contributed by atoms with E-state index in [1.54, 1.807) is 4.90 Å². The van der Waals surface area contributed by atoms with Crippen LogP contribution in [0.15, 0.2) is 237 Å². The largest absolute Gasteiger partial charge is 0.347 e. The van der Waals surface area contributed by atoms with Crippen molar-refractivity contribution < 1.29 is 4.79 Å². The molecule has 79 heavy (non-hydrogen) atoms. The highest BCUT2D eigenvalue weighted by atomic mass is 16.2. The van der Waals surface area contributed by atoms with Crippen molar-refractivity contribution >= 4 is 5.91 Å². The Kier molecular flexibility index (Phi) is 11.7. The number of carbonyl (C=O) groups excluding carboxylic acids is 1. The van der Waals surface area contributed by atoms with E-state index < -0.39 is 5.41 Å². The third-order valence-corrected chi connectivity index (χ3v) is 15.8. The van der Waals surface area contributed by atoms with Gasteiger partial charge in [0.25, 0.3) is 0 Å². The summed E-state index contributed by atoms with van der Waals surface area (Å²) in [5.74, 6) is -0.103. The van der Waals surface area contributed by atoms with Gasteiger partial charge >= 0.3 is 0 Å². The van der Waals surface area contributed by atoms with Crippen molar-refractivity contribution in [3.05, 3.63) is 287 Å². The summed E-state index contributed by atoms with van der Waals surface area (Å²) in [6.45, 7) is 1.93. The van der Waals surface area contributed by atoms with Crippen LogP contribution in [-0.4, -0.2) is 69.9 Å². The third-order valence-electron chi connectivity index (χ3n) is 15.8. The highest BCUT2D eigenvalue weighted by molar-refractivity contribution is 6.02. The molecule has 0 radical (unpaired) electrons. The summed E-state index contributed by atoms with van der Waals surface area (Å²) < 4.78 is 5.62. The standard InChI is InChI=1S/C68H52N10O/c1-75(2)67(79)68-60-36-54(48-18-24-51(25-19-48)63-42-76(72-69-63)39-45-12-6-3-7-13-45)30-33-57(60)66(58-34-31-55(37-61(58)68)49-20-26-52(27-21-49)64-43-77(73-70-64)40-46-14-8-4-9-15-46)59-35-32-56(38-62(59)68)50-22-28-53(29-23-50)65-44-78(74-71-65)41-47-16-10-5-11-17-47/h3-38,42-44,66H,39-41H2,1-2H3. The smallest absolute Gasteiger partial charge is 0.241 e. The van der Waals surface area contributed by atoms with E-state index in [4.69, 9.17) is 0 Å². The lowest BCUT2D eigenvalue weighted by molar-refractivity contribution is -0.132. The first-order chi connectivity index (χ1) is 38.8. The first kappa shape index (κ1) is 47.3. The molecular weight excluding hydrogens is 973 g/mol. The van der Waals surface area contributed by atoms with Crippen LogP contribution in [-0.2, 0) is 29.8 Å². The van der Waals surface area contributed by atoms with Crippen molar-refractivity contribution in [2.24, 2.45) is 0 Å². The molecule has 2 bridgehead atoms. The normalized spacial score (nSPS) is 14.8. The summed E-state index contributed by atoms with van der Waals surface area (Å²) in [6, 6.07) is 76.6. The van der Waals surface area contributed by atoms with Crippen LogP contribution >= 0.6 is 0 Å². The molecule has 3 heterocycles. The molecule has 9 aromatic carbocycles. The number of carbonyl (C=O) groups is 1. The molecule has 3 aromatic heterocycles. The predicted molar refractivity (Wildman–Crippen MR) is 309 cm³/mol. The average molecular weight is 1030 g/mol. The van der Waals surface area contributed by atoms with Crippen molar-refractivity contribution in [2.75, 3.05) is 14.1 Å². The Labute approximate surface area is 457 Å². The van der Waals surface area contributed by atoms with E-state index in [9.17, 15) is 0 Å². The van der Waals surface area contributed by atoms with Gasteiger partial charge in [-0.25, -0.2) is 14.0 Å². The molecule has 3 aliphatic rings. The molecule has 11 heteroatoms. The fraction of sp³-hybridized carbons (Fsp3) is 0.103. The third kappa shape index (κ3) is 8.52. The van der Waals surface area contributed by atoms with Gasteiger partial charge in [0, 0.05) is 36.7 Å². The van der Waals surface area contributed by atoms with Crippen molar-refractivity contribution in [3.8, 4) is 67.2 Å². The summed E-state index contributed by atoms with van der Waals surface area (Å²) in [5, 5.41) is 26.9. The molecule has 3 aliphatic carbocycles. The first-order valence-electron chi connectivity index (χ1n) is 26.6. The molecule has 0 saturated carbocycles. The van der Waals surface area contributed by atoms with Gasteiger partial charge in [0.2, 0.25) is 5.91 Å². The number of benzene rings is 9. The van der Waals surface area contributed by atoms with E-state index in [0.29, 0.717) is 19.6 Å². The van der Waals surface area contributed by atoms with E-state index in [2.05, 4.69) is 195 Å². The van der Waals surface area contributed by atoms with Crippen molar-refractivity contribution in [1.82, 2.24) is 49.9 Å². The number of hydrogen-bond acceptors (Lipinski definition) is 7. The second-order valence-corrected chi connectivity index (χ2v) is 20.9. The topological polar surface area (TPSA) is 112 Å². The number of nitrogens with zero attached hydrogens (tertiary/aromatic N) is 10. The maximum absolute atomic E-state index is 15.9. The Morgan fingerprint density at radius 2 is 0.658 bits per heavy atom. The van der Waals surface area contributed by atoms with Crippen molar-refractivity contribution in [3.63, 3.8) is 0 Å². The van der Waals surface area contributed by atoms with Crippen LogP contribution in [0, 0.1) is 0 Å². The van der Waals surface area contributed by atoms with Gasteiger partial charge in [0.1, 0.15) is 22.5 Å². The van der Waals surface area contributed by atoms with Crippen LogP contribution < -0.4 is 0 Å². The Bertz CT molecular complexity index is 3780. The second-order valence-electron chi connectivity index (χ2n) is 20.9. The van der Waals surface area contributed by atoms with Gasteiger partial charge in [0.05, 0.1) is 38.2 Å². The van der Waals surface area contributed by atoms with Gasteiger partial charge < -0.3 is 4.90 Å². The molecule has 380 valence electrons. The Balaban J connectivity index is 0.848. The van der Waals surface area contributed by atoms with Crippen LogP contribution in [0.3, 0.4) is 0 Å². The first-order valence-corrected chi connectivity index (χ1v) is 26.6. The number of rotatable bonds is 13. The number of hydrogen-bond donors (Lipinski definition) is 0. The fourth-order valence-electron chi connectivity index (χ4n) is 11.9. The molecule has 1 amide bonds. The van der Waals surface area contributed by atoms with Crippen molar-refractivity contribution in [1.29, 1.82) is 0 Å². The Morgan fingerprint density at radius 3 is 0.949 bits per heavy atom. The van der Waals surface area contributed by atoms with Crippen LogP contribution in [0.2, 0.25) is 0 Å². The van der Waals surface area contributed by atoms with Gasteiger partial charge in [-0.15, -0.1) is 15.3 Å². The molecule has 0 saturated heterocycles. The molecule has 12 aromatic rings. The number of amides is 1. The van der Waals surface area contributed by atoms with Gasteiger partial charge in [-0.1, -0.05) is 216 Å². The zero-order valence-corrected chi connectivity index (χ0v) is 43.6. The molecule has 0 atom stereocenters. The molecule has 11 nitrogen and oxygen atoms in total. The fourth-order valence-corrected chi connectivity index (χ4v) is 11.9. The van der Waals surface area contributed by atoms with Crippen molar-refractivity contribution in [2.45, 2.75) is 31.0 Å². The summed E-state index contributed by atoms with van der Waals surface area (Å²) in [5.41, 5.74) is 20.3. The molecule has 0 unspecified atom stereocenters. The predicted octanol–water partition coefficient (Wildman–Crippen LogP) is 12.8. The minimum absolute atomic E-state index is 0.00217. The number of aromatic nitrogens is 9. The average Bonchev–Trinajstić information content (AvgIpc) is 2.63. The SMILES string of the molecule is CN(C)C(=O)C12c3cc(-c4ccc(-c5cn(Cc6ccccc6)nn5)cc4)ccc3C(c3ccc(-c4ccc(-c5cn(Cc6ccccc6)nn5)cc4)cc31)c1ccc(-c3ccc(-c4cn(Cc5ccccc5)nn4)cc3)cc12. The minimum Gasteiger partial charge on any atom is -0.347 e.